The van der Waals surface area contributed by atoms with E-state index in [1.165, 1.54) is 18.7 Å². The molecule has 0 aromatic rings. The molecule has 0 aromatic carbocycles. The molecule has 6 heteroatoms. The predicted molar refractivity (Wildman–Crippen MR) is 44.9 cm³/mol. The highest BCUT2D eigenvalue weighted by atomic mass is 16.5. The van der Waals surface area contributed by atoms with Gasteiger partial charge in [0.2, 0.25) is 0 Å². The molecule has 0 amide bonds. The normalized spacial score (nSPS) is 10.3. The summed E-state index contributed by atoms with van der Waals surface area (Å²) in [7, 11) is 0.775. The Balaban J connectivity index is 3.78. The number of carboxylic acids is 1. The molecule has 0 fully saturated rings. The molecule has 0 spiro atoms. The summed E-state index contributed by atoms with van der Waals surface area (Å²) in [6.07, 6.45) is 0. The van der Waals surface area contributed by atoms with Crippen molar-refractivity contribution in [2.24, 2.45) is 0 Å². The van der Waals surface area contributed by atoms with Gasteiger partial charge < -0.3 is 19.7 Å². The largest absolute Gasteiger partial charge is 0.480 e. The Morgan fingerprint density at radius 3 is 2.58 bits per heavy atom. The fraction of sp³-hybridized carbons (Fsp3) is 0.833. The molecule has 0 aromatic heterocycles. The van der Waals surface area contributed by atoms with Crippen LogP contribution < -0.4 is 0 Å². The molecule has 0 heterocycles. The Labute approximate surface area is 72.1 Å². The van der Waals surface area contributed by atoms with E-state index in [2.05, 4.69) is 0 Å². The van der Waals surface area contributed by atoms with Gasteiger partial charge in [-0.2, -0.15) is 0 Å². The fourth-order valence-electron chi connectivity index (χ4n) is 0.780. The Bertz CT molecular complexity index is 142. The maximum atomic E-state index is 10.3. The van der Waals surface area contributed by atoms with Gasteiger partial charge in [-0.3, -0.25) is 4.79 Å². The molecule has 0 saturated heterocycles. The quantitative estimate of drug-likeness (QED) is 0.513. The lowest BCUT2D eigenvalue weighted by Crippen LogP contribution is -2.42. The van der Waals surface area contributed by atoms with Gasteiger partial charge in [-0.25, -0.2) is 0 Å². The molecule has 5 nitrogen and oxygen atoms in total. The van der Waals surface area contributed by atoms with Crippen LogP contribution in [-0.4, -0.2) is 54.8 Å². The number of carbonyl (C=O) groups is 1. The van der Waals surface area contributed by atoms with Crippen LogP contribution in [0.3, 0.4) is 0 Å². The Kier molecular flexibility index (Phi) is 5.70. The lowest BCUT2D eigenvalue weighted by Gasteiger charge is -2.19. The monoisotopic (exact) mass is 175 g/mol. The molecule has 0 rings (SSSR count). The lowest BCUT2D eigenvalue weighted by molar-refractivity contribution is -0.137. The molecule has 12 heavy (non-hydrogen) atoms. The van der Waals surface area contributed by atoms with Crippen molar-refractivity contribution in [3.05, 3.63) is 0 Å². The maximum absolute atomic E-state index is 10.3. The van der Waals surface area contributed by atoms with Crippen molar-refractivity contribution in [2.45, 2.75) is 6.82 Å². The molecule has 0 unspecified atom stereocenters. The van der Waals surface area contributed by atoms with Crippen LogP contribution in [0.5, 0.6) is 0 Å². The Hall–Kier alpha value is -0.585. The van der Waals surface area contributed by atoms with E-state index in [1.807, 2.05) is 0 Å². The summed E-state index contributed by atoms with van der Waals surface area (Å²) in [4.78, 5) is 11.7. The minimum Gasteiger partial charge on any atom is -0.480 e. The van der Waals surface area contributed by atoms with E-state index in [-0.39, 0.29) is 6.54 Å². The van der Waals surface area contributed by atoms with Crippen molar-refractivity contribution in [1.82, 2.24) is 4.81 Å². The van der Waals surface area contributed by atoms with E-state index < -0.39 is 13.0 Å². The van der Waals surface area contributed by atoms with Gasteiger partial charge in [0.25, 0.3) is 0 Å². The van der Waals surface area contributed by atoms with Gasteiger partial charge in [-0.15, -0.1) is 0 Å². The number of aliphatic carboxylic acids is 1. The third-order valence-corrected chi connectivity index (χ3v) is 1.45. The highest BCUT2D eigenvalue weighted by Crippen LogP contribution is 1.91. The van der Waals surface area contributed by atoms with Gasteiger partial charge in [-0.05, 0) is 6.82 Å². The molecule has 0 aliphatic rings. The SMILES string of the molecule is COCCN(CC(=O)O)B(C)O. The van der Waals surface area contributed by atoms with Crippen LogP contribution in [-0.2, 0) is 9.53 Å². The first-order valence-corrected chi connectivity index (χ1v) is 3.70. The molecule has 0 atom stereocenters. The zero-order chi connectivity index (χ0) is 9.56. The summed E-state index contributed by atoms with van der Waals surface area (Å²) in [6, 6.07) is 0. The zero-order valence-corrected chi connectivity index (χ0v) is 7.36. The van der Waals surface area contributed by atoms with E-state index in [9.17, 15) is 4.79 Å². The molecule has 0 radical (unpaired) electrons. The summed E-state index contributed by atoms with van der Waals surface area (Å²) in [5, 5.41) is 17.5. The van der Waals surface area contributed by atoms with Crippen LogP contribution in [0.15, 0.2) is 0 Å². The zero-order valence-electron chi connectivity index (χ0n) is 7.36. The van der Waals surface area contributed by atoms with Crippen molar-refractivity contribution in [1.29, 1.82) is 0 Å². The molecule has 0 bridgehead atoms. The summed E-state index contributed by atoms with van der Waals surface area (Å²) >= 11 is 0. The molecule has 70 valence electrons. The maximum Gasteiger partial charge on any atom is 0.376 e. The fourth-order valence-corrected chi connectivity index (χ4v) is 0.780. The second-order valence-corrected chi connectivity index (χ2v) is 2.49. The number of rotatable bonds is 6. The second-order valence-electron chi connectivity index (χ2n) is 2.49. The van der Waals surface area contributed by atoms with Gasteiger partial charge in [0.15, 0.2) is 0 Å². The highest BCUT2D eigenvalue weighted by Gasteiger charge is 2.17. The summed E-state index contributed by atoms with van der Waals surface area (Å²) in [5.41, 5.74) is 0. The van der Waals surface area contributed by atoms with E-state index >= 15 is 0 Å². The summed E-state index contributed by atoms with van der Waals surface area (Å²) in [6.45, 7) is 2.19. The standard InChI is InChI=1S/C6H14BNO4/c1-7(11)8(3-4-12-2)5-6(9)10/h11H,3-5H2,1-2H3,(H,9,10). The summed E-state index contributed by atoms with van der Waals surface area (Å²) < 4.78 is 4.76. The van der Waals surface area contributed by atoms with Gasteiger partial charge >= 0.3 is 13.0 Å². The van der Waals surface area contributed by atoms with Crippen molar-refractivity contribution in [3.8, 4) is 0 Å². The second kappa shape index (κ2) is 5.99. The first-order chi connectivity index (χ1) is 5.57. The third kappa shape index (κ3) is 5.12. The molecular formula is C6H14BNO4. The van der Waals surface area contributed by atoms with Crippen molar-refractivity contribution in [3.63, 3.8) is 0 Å². The minimum absolute atomic E-state index is 0.166. The Morgan fingerprint density at radius 1 is 1.67 bits per heavy atom. The van der Waals surface area contributed by atoms with Crippen molar-refractivity contribution in [2.75, 3.05) is 26.8 Å². The first kappa shape index (κ1) is 11.4. The number of ether oxygens (including phenoxy) is 1. The van der Waals surface area contributed by atoms with Crippen LogP contribution >= 0.6 is 0 Å². The van der Waals surface area contributed by atoms with Gasteiger partial charge in [0.1, 0.15) is 0 Å². The Morgan fingerprint density at radius 2 is 2.25 bits per heavy atom. The molecule has 0 aliphatic carbocycles. The summed E-state index contributed by atoms with van der Waals surface area (Å²) in [5.74, 6) is -0.952. The average molecular weight is 175 g/mol. The number of methoxy groups -OCH3 is 1. The van der Waals surface area contributed by atoms with E-state index in [1.54, 1.807) is 0 Å². The van der Waals surface area contributed by atoms with Gasteiger partial charge in [0.05, 0.1) is 13.2 Å². The average Bonchev–Trinajstić information content (AvgIpc) is 1.96. The third-order valence-electron chi connectivity index (χ3n) is 1.45. The topological polar surface area (TPSA) is 70.0 Å². The first-order valence-electron chi connectivity index (χ1n) is 3.70. The van der Waals surface area contributed by atoms with E-state index in [4.69, 9.17) is 14.9 Å². The lowest BCUT2D eigenvalue weighted by atomic mass is 9.85. The van der Waals surface area contributed by atoms with Gasteiger partial charge in [-0.1, -0.05) is 0 Å². The smallest absolute Gasteiger partial charge is 0.376 e. The molecule has 0 aliphatic heterocycles. The van der Waals surface area contributed by atoms with Gasteiger partial charge in [0, 0.05) is 13.7 Å². The van der Waals surface area contributed by atoms with Crippen LogP contribution in [0.2, 0.25) is 6.82 Å². The van der Waals surface area contributed by atoms with Crippen LogP contribution in [0.4, 0.5) is 0 Å². The number of carboxylic acid groups (broad SMARTS) is 1. The van der Waals surface area contributed by atoms with E-state index in [0.717, 1.165) is 0 Å². The predicted octanol–water partition coefficient (Wildman–Crippen LogP) is -0.870. The number of nitrogens with zero attached hydrogens (tertiary/aromatic N) is 1. The van der Waals surface area contributed by atoms with Crippen LogP contribution in [0.1, 0.15) is 0 Å². The van der Waals surface area contributed by atoms with Crippen molar-refractivity contribution < 1.29 is 19.7 Å². The van der Waals surface area contributed by atoms with Crippen LogP contribution in [0.25, 0.3) is 0 Å². The minimum atomic E-state index is -0.952. The molecule has 0 saturated carbocycles. The van der Waals surface area contributed by atoms with Crippen LogP contribution in [0, 0.1) is 0 Å². The molecular weight excluding hydrogens is 161 g/mol. The highest BCUT2D eigenvalue weighted by molar-refractivity contribution is 6.45. The van der Waals surface area contributed by atoms with E-state index in [0.29, 0.717) is 13.2 Å². The van der Waals surface area contributed by atoms with Crippen molar-refractivity contribution >= 4 is 13.0 Å². The molecule has 2 N–H and O–H groups in total. The number of hydrogen-bond acceptors (Lipinski definition) is 4. The number of hydrogen-bond donors (Lipinski definition) is 2.